The number of nitrogens with zero attached hydrogens (tertiary/aromatic N) is 3. The van der Waals surface area contributed by atoms with Crippen molar-refractivity contribution < 1.29 is 18.9 Å². The molecule has 0 N–H and O–H groups in total. The van der Waals surface area contributed by atoms with Crippen LogP contribution in [0.15, 0.2) is 70.1 Å². The number of fused-ring (bicyclic) bond motifs is 1. The monoisotopic (exact) mass is 549 g/mol. The smallest absolute Gasteiger partial charge is 0.341 e. The first-order chi connectivity index (χ1) is 18.4. The number of non-ortho nitro benzene ring substituents is 1. The number of halogens is 1. The second-order valence-corrected chi connectivity index (χ2v) is 10.2. The second kappa shape index (κ2) is 11.3. The van der Waals surface area contributed by atoms with Crippen molar-refractivity contribution >= 4 is 45.8 Å². The molecular formula is C28H24ClN3O5S. The maximum atomic E-state index is 12.9. The molecule has 0 atom stereocenters. The molecule has 2 aromatic carbocycles. The minimum Gasteiger partial charge on any atom is -0.462 e. The Balaban J connectivity index is 1.39. The fraction of sp³-hybridized carbons (Fsp3) is 0.214. The van der Waals surface area contributed by atoms with Crippen molar-refractivity contribution in [3.63, 3.8) is 0 Å². The number of rotatable bonds is 8. The molecule has 0 saturated carbocycles. The van der Waals surface area contributed by atoms with E-state index in [9.17, 15) is 14.9 Å². The highest BCUT2D eigenvalue weighted by molar-refractivity contribution is 7.16. The molecule has 5 rings (SSSR count). The van der Waals surface area contributed by atoms with Crippen molar-refractivity contribution in [3.8, 4) is 11.3 Å². The lowest BCUT2D eigenvalue weighted by Crippen LogP contribution is -2.29. The molecule has 0 saturated heterocycles. The van der Waals surface area contributed by atoms with Crippen LogP contribution < -0.4 is 0 Å². The van der Waals surface area contributed by atoms with Gasteiger partial charge in [-0.25, -0.2) is 9.79 Å². The molecule has 0 bridgehead atoms. The van der Waals surface area contributed by atoms with Gasteiger partial charge in [-0.15, -0.1) is 11.3 Å². The fourth-order valence-corrected chi connectivity index (χ4v) is 5.92. The molecule has 0 spiro atoms. The summed E-state index contributed by atoms with van der Waals surface area (Å²) >= 11 is 7.74. The largest absolute Gasteiger partial charge is 0.462 e. The predicted octanol–water partition coefficient (Wildman–Crippen LogP) is 7.06. The van der Waals surface area contributed by atoms with Crippen LogP contribution >= 0.6 is 22.9 Å². The molecule has 10 heteroatoms. The normalized spacial score (nSPS) is 13.5. The van der Waals surface area contributed by atoms with Gasteiger partial charge >= 0.3 is 5.97 Å². The molecule has 4 aromatic rings. The van der Waals surface area contributed by atoms with E-state index in [-0.39, 0.29) is 23.3 Å². The van der Waals surface area contributed by atoms with Crippen LogP contribution in [0.4, 0.5) is 10.7 Å². The van der Waals surface area contributed by atoms with E-state index in [0.717, 1.165) is 36.5 Å². The van der Waals surface area contributed by atoms with E-state index >= 15 is 0 Å². The number of carbonyl (C=O) groups excluding carboxylic acids is 1. The summed E-state index contributed by atoms with van der Waals surface area (Å²) in [5, 5.41) is 11.8. The summed E-state index contributed by atoms with van der Waals surface area (Å²) in [7, 11) is 0. The summed E-state index contributed by atoms with van der Waals surface area (Å²) in [5.41, 5.74) is 3.21. The highest BCUT2D eigenvalue weighted by Gasteiger charge is 2.28. The van der Waals surface area contributed by atoms with E-state index in [1.165, 1.54) is 29.0 Å². The molecule has 0 amide bonds. The van der Waals surface area contributed by atoms with Crippen molar-refractivity contribution in [2.45, 2.75) is 26.4 Å². The first-order valence-electron chi connectivity index (χ1n) is 12.1. The Bertz CT molecular complexity index is 1510. The number of aliphatic imine (C=N–C) groups is 1. The standard InChI is InChI=1S/C28H24ClN3O5S/c1-2-36-28(33)26-22-12-13-31(16-18-6-4-3-5-7-18)17-25(22)38-27(26)30-15-20-9-11-24(37-20)21-10-8-19(32(34)35)14-23(21)29/h3-11,14-15H,2,12-13,16-17H2,1H3. The first-order valence-corrected chi connectivity index (χ1v) is 13.3. The van der Waals surface area contributed by atoms with E-state index in [0.29, 0.717) is 27.6 Å². The second-order valence-electron chi connectivity index (χ2n) is 8.73. The number of nitro groups is 1. The summed E-state index contributed by atoms with van der Waals surface area (Å²) in [6, 6.07) is 18.0. The summed E-state index contributed by atoms with van der Waals surface area (Å²) in [5.74, 6) is 0.548. The Morgan fingerprint density at radius 3 is 2.79 bits per heavy atom. The summed E-state index contributed by atoms with van der Waals surface area (Å²) < 4.78 is 11.2. The van der Waals surface area contributed by atoms with E-state index in [1.54, 1.807) is 31.3 Å². The minimum absolute atomic E-state index is 0.0948. The summed E-state index contributed by atoms with van der Waals surface area (Å²) in [6.45, 7) is 4.48. The predicted molar refractivity (Wildman–Crippen MR) is 148 cm³/mol. The highest BCUT2D eigenvalue weighted by Crippen LogP contribution is 2.40. The van der Waals surface area contributed by atoms with E-state index in [1.807, 2.05) is 18.2 Å². The quantitative estimate of drug-likeness (QED) is 0.101. The van der Waals surface area contributed by atoms with Crippen molar-refractivity contribution in [1.29, 1.82) is 0 Å². The lowest BCUT2D eigenvalue weighted by molar-refractivity contribution is -0.384. The Kier molecular flexibility index (Phi) is 7.69. The molecule has 0 fully saturated rings. The lowest BCUT2D eigenvalue weighted by atomic mass is 10.0. The molecule has 3 heterocycles. The van der Waals surface area contributed by atoms with Gasteiger partial charge in [0.15, 0.2) is 0 Å². The number of benzene rings is 2. The van der Waals surface area contributed by atoms with Crippen molar-refractivity contribution in [2.24, 2.45) is 4.99 Å². The van der Waals surface area contributed by atoms with Crippen molar-refractivity contribution in [3.05, 3.63) is 103 Å². The van der Waals surface area contributed by atoms with Gasteiger partial charge in [0, 0.05) is 42.2 Å². The van der Waals surface area contributed by atoms with Gasteiger partial charge in [-0.2, -0.15) is 0 Å². The van der Waals surface area contributed by atoms with Gasteiger partial charge in [-0.1, -0.05) is 41.9 Å². The van der Waals surface area contributed by atoms with Crippen LogP contribution in [-0.4, -0.2) is 35.2 Å². The number of thiophene rings is 1. The number of hydrogen-bond donors (Lipinski definition) is 0. The molecule has 0 radical (unpaired) electrons. The third-order valence-electron chi connectivity index (χ3n) is 6.21. The van der Waals surface area contributed by atoms with Crippen molar-refractivity contribution in [2.75, 3.05) is 13.2 Å². The van der Waals surface area contributed by atoms with Gasteiger partial charge in [0.1, 0.15) is 16.5 Å². The van der Waals surface area contributed by atoms with Crippen LogP contribution in [0, 0.1) is 10.1 Å². The van der Waals surface area contributed by atoms with Gasteiger partial charge in [0.05, 0.1) is 28.3 Å². The Hall–Kier alpha value is -3.79. The SMILES string of the molecule is CCOC(=O)c1c(N=Cc2ccc(-c3ccc([N+](=O)[O-])cc3Cl)o2)sc2c1CCN(Cc1ccccc1)C2. The third-order valence-corrected chi connectivity index (χ3v) is 7.65. The van der Waals surface area contributed by atoms with Gasteiger partial charge in [-0.3, -0.25) is 15.0 Å². The number of furan rings is 1. The first kappa shape index (κ1) is 25.8. The topological polar surface area (TPSA) is 98.2 Å². The van der Waals surface area contributed by atoms with E-state index in [2.05, 4.69) is 22.0 Å². The van der Waals surface area contributed by atoms with Crippen LogP contribution in [-0.2, 0) is 24.2 Å². The molecule has 194 valence electrons. The average Bonchev–Trinajstić information content (AvgIpc) is 3.52. The van der Waals surface area contributed by atoms with Crippen LogP contribution in [0.5, 0.6) is 0 Å². The van der Waals surface area contributed by atoms with E-state index < -0.39 is 4.92 Å². The van der Waals surface area contributed by atoms with Crippen LogP contribution in [0.3, 0.4) is 0 Å². The minimum atomic E-state index is -0.501. The average molecular weight is 550 g/mol. The Morgan fingerprint density at radius 2 is 2.05 bits per heavy atom. The maximum Gasteiger partial charge on any atom is 0.341 e. The molecule has 38 heavy (non-hydrogen) atoms. The molecule has 1 aliphatic heterocycles. The number of carbonyl (C=O) groups is 1. The molecule has 2 aromatic heterocycles. The van der Waals surface area contributed by atoms with Gasteiger partial charge in [0.2, 0.25) is 0 Å². The fourth-order valence-electron chi connectivity index (χ4n) is 4.43. The third kappa shape index (κ3) is 5.55. The lowest BCUT2D eigenvalue weighted by Gasteiger charge is -2.27. The van der Waals surface area contributed by atoms with Crippen LogP contribution in [0.25, 0.3) is 11.3 Å². The number of esters is 1. The summed E-state index contributed by atoms with van der Waals surface area (Å²) in [4.78, 5) is 31.5. The molecule has 0 aliphatic carbocycles. The van der Waals surface area contributed by atoms with Gasteiger partial charge in [-0.05, 0) is 42.7 Å². The Labute approximate surface area is 228 Å². The number of nitro benzene ring substituents is 1. The van der Waals surface area contributed by atoms with Crippen LogP contribution in [0.1, 0.15) is 39.0 Å². The molecular weight excluding hydrogens is 526 g/mol. The zero-order valence-corrected chi connectivity index (χ0v) is 22.1. The van der Waals surface area contributed by atoms with Crippen LogP contribution in [0.2, 0.25) is 5.02 Å². The zero-order chi connectivity index (χ0) is 26.6. The zero-order valence-electron chi connectivity index (χ0n) is 20.6. The van der Waals surface area contributed by atoms with Crippen molar-refractivity contribution in [1.82, 2.24) is 4.90 Å². The van der Waals surface area contributed by atoms with E-state index in [4.69, 9.17) is 20.8 Å². The maximum absolute atomic E-state index is 12.9. The summed E-state index contributed by atoms with van der Waals surface area (Å²) in [6.07, 6.45) is 2.30. The number of hydrogen-bond acceptors (Lipinski definition) is 8. The molecule has 8 nitrogen and oxygen atoms in total. The molecule has 0 unspecified atom stereocenters. The van der Waals surface area contributed by atoms with Gasteiger partial charge in [0.25, 0.3) is 5.69 Å². The highest BCUT2D eigenvalue weighted by atomic mass is 35.5. The number of ether oxygens (including phenoxy) is 1. The Morgan fingerprint density at radius 1 is 1.24 bits per heavy atom. The van der Waals surface area contributed by atoms with Gasteiger partial charge < -0.3 is 9.15 Å². The molecule has 1 aliphatic rings.